The predicted octanol–water partition coefficient (Wildman–Crippen LogP) is 3.24. The van der Waals surface area contributed by atoms with Gasteiger partial charge in [-0.15, -0.1) is 0 Å². The van der Waals surface area contributed by atoms with E-state index in [1.807, 2.05) is 19.1 Å². The number of hydrogen-bond acceptors (Lipinski definition) is 5. The van der Waals surface area contributed by atoms with E-state index in [0.29, 0.717) is 17.1 Å². The minimum absolute atomic E-state index is 0.0165. The second-order valence-electron chi connectivity index (χ2n) is 8.95. The Morgan fingerprint density at radius 1 is 0.973 bits per heavy atom. The molecule has 0 aromatic heterocycles. The first-order chi connectivity index (χ1) is 17.5. The highest BCUT2D eigenvalue weighted by Crippen LogP contribution is 2.27. The topological polar surface area (TPSA) is 118 Å². The van der Waals surface area contributed by atoms with Crippen LogP contribution in [0.4, 0.5) is 5.69 Å². The van der Waals surface area contributed by atoms with Gasteiger partial charge < -0.3 is 4.90 Å². The number of carbonyl (C=O) groups is 3. The third-order valence-corrected chi connectivity index (χ3v) is 7.45. The van der Waals surface area contributed by atoms with Gasteiger partial charge in [-0.05, 0) is 60.9 Å². The molecule has 1 atom stereocenters. The molecular weight excluding hydrogens is 514 g/mol. The molecule has 1 unspecified atom stereocenters. The third kappa shape index (κ3) is 6.25. The zero-order valence-corrected chi connectivity index (χ0v) is 21.7. The summed E-state index contributed by atoms with van der Waals surface area (Å²) in [7, 11) is -3.83. The fourth-order valence-corrected chi connectivity index (χ4v) is 4.89. The van der Waals surface area contributed by atoms with E-state index in [1.165, 1.54) is 17.0 Å². The van der Waals surface area contributed by atoms with Gasteiger partial charge >= 0.3 is 0 Å². The van der Waals surface area contributed by atoms with Crippen molar-refractivity contribution in [1.29, 1.82) is 0 Å². The molecule has 0 radical (unpaired) electrons. The highest BCUT2D eigenvalue weighted by molar-refractivity contribution is 7.89. The van der Waals surface area contributed by atoms with E-state index < -0.39 is 22.0 Å². The Kier molecular flexibility index (Phi) is 7.77. The van der Waals surface area contributed by atoms with Crippen molar-refractivity contribution in [3.8, 4) is 0 Å². The van der Waals surface area contributed by atoms with Gasteiger partial charge in [0.2, 0.25) is 21.8 Å². The minimum atomic E-state index is -3.83. The maximum absolute atomic E-state index is 13.4. The maximum Gasteiger partial charge on any atom is 0.257 e. The predicted molar refractivity (Wildman–Crippen MR) is 140 cm³/mol. The monoisotopic (exact) mass is 539 g/mol. The molecule has 2 N–H and O–H groups in total. The number of primary sulfonamides is 1. The molecule has 0 spiro atoms. The highest BCUT2D eigenvalue weighted by Gasteiger charge is 2.44. The first kappa shape index (κ1) is 26.5. The summed E-state index contributed by atoms with van der Waals surface area (Å²) in [6, 6.07) is 19.0. The van der Waals surface area contributed by atoms with Crippen LogP contribution in [0.1, 0.15) is 23.1 Å². The van der Waals surface area contributed by atoms with E-state index in [1.54, 1.807) is 48.5 Å². The third-order valence-electron chi connectivity index (χ3n) is 6.27. The number of hydrogen-bond donors (Lipinski definition) is 1. The van der Waals surface area contributed by atoms with Crippen molar-refractivity contribution in [2.45, 2.75) is 37.1 Å². The molecule has 3 aromatic rings. The number of rotatable bonds is 8. The second-order valence-corrected chi connectivity index (χ2v) is 11.0. The smallest absolute Gasteiger partial charge is 0.257 e. The van der Waals surface area contributed by atoms with Crippen molar-refractivity contribution >= 4 is 45.0 Å². The summed E-state index contributed by atoms with van der Waals surface area (Å²) >= 11 is 5.96. The standard InChI is InChI=1S/C27H26ClN3O5S/c1-18-2-10-22(11-3-18)31-26(33)17-24(27(31)34)30(25(32)16-20-4-8-21(28)9-5-20)15-14-19-6-12-23(13-7-19)37(29,35)36/h2-13,24H,14-17H2,1H3,(H2,29,35,36). The van der Waals surface area contributed by atoms with Gasteiger partial charge in [-0.2, -0.15) is 0 Å². The van der Waals surface area contributed by atoms with E-state index in [0.717, 1.165) is 21.6 Å². The first-order valence-corrected chi connectivity index (χ1v) is 13.5. The number of aryl methyl sites for hydroxylation is 1. The van der Waals surface area contributed by atoms with Gasteiger partial charge in [-0.25, -0.2) is 18.5 Å². The normalized spacial score (nSPS) is 15.8. The van der Waals surface area contributed by atoms with Crippen LogP contribution in [-0.4, -0.2) is 43.6 Å². The molecular formula is C27H26ClN3O5S. The lowest BCUT2D eigenvalue weighted by Crippen LogP contribution is -2.47. The van der Waals surface area contributed by atoms with Crippen LogP contribution in [0.15, 0.2) is 77.7 Å². The number of imide groups is 1. The van der Waals surface area contributed by atoms with E-state index >= 15 is 0 Å². The lowest BCUT2D eigenvalue weighted by atomic mass is 10.1. The lowest BCUT2D eigenvalue weighted by Gasteiger charge is -2.28. The van der Waals surface area contributed by atoms with Crippen molar-refractivity contribution in [1.82, 2.24) is 4.90 Å². The second kappa shape index (κ2) is 10.8. The van der Waals surface area contributed by atoms with Gasteiger partial charge in [0, 0.05) is 11.6 Å². The molecule has 8 nitrogen and oxygen atoms in total. The maximum atomic E-state index is 13.4. The molecule has 1 heterocycles. The Bertz CT molecular complexity index is 1420. The van der Waals surface area contributed by atoms with Crippen LogP contribution >= 0.6 is 11.6 Å². The van der Waals surface area contributed by atoms with Gasteiger partial charge in [-0.1, -0.05) is 53.6 Å². The van der Waals surface area contributed by atoms with E-state index in [4.69, 9.17) is 16.7 Å². The molecule has 1 saturated heterocycles. The number of amides is 3. The van der Waals surface area contributed by atoms with Crippen molar-refractivity contribution in [2.75, 3.05) is 11.4 Å². The van der Waals surface area contributed by atoms with Gasteiger partial charge in [0.1, 0.15) is 6.04 Å². The summed E-state index contributed by atoms with van der Waals surface area (Å²) in [6.07, 6.45) is 0.257. The first-order valence-electron chi connectivity index (χ1n) is 11.6. The number of benzene rings is 3. The van der Waals surface area contributed by atoms with Crippen molar-refractivity contribution < 1.29 is 22.8 Å². The van der Waals surface area contributed by atoms with Crippen LogP contribution in [0, 0.1) is 6.92 Å². The highest BCUT2D eigenvalue weighted by atomic mass is 35.5. The van der Waals surface area contributed by atoms with Crippen molar-refractivity contribution in [2.24, 2.45) is 5.14 Å². The van der Waals surface area contributed by atoms with Crippen LogP contribution in [0.25, 0.3) is 0 Å². The van der Waals surface area contributed by atoms with E-state index in [9.17, 15) is 22.8 Å². The molecule has 4 rings (SSSR count). The Balaban J connectivity index is 1.58. The number of halogens is 1. The molecule has 3 aromatic carbocycles. The van der Waals surface area contributed by atoms with Gasteiger partial charge in [0.05, 0.1) is 23.4 Å². The SMILES string of the molecule is Cc1ccc(N2C(=O)CC(N(CCc3ccc(S(N)(=O)=O)cc3)C(=O)Cc3ccc(Cl)cc3)C2=O)cc1. The summed E-state index contributed by atoms with van der Waals surface area (Å²) in [5.41, 5.74) is 2.94. The molecule has 1 aliphatic heterocycles. The number of nitrogens with two attached hydrogens (primary N) is 1. The van der Waals surface area contributed by atoms with Gasteiger partial charge in [0.15, 0.2) is 0 Å². The van der Waals surface area contributed by atoms with Gasteiger partial charge in [-0.3, -0.25) is 14.4 Å². The molecule has 10 heteroatoms. The molecule has 192 valence electrons. The van der Waals surface area contributed by atoms with Gasteiger partial charge in [0.25, 0.3) is 5.91 Å². The van der Waals surface area contributed by atoms with Crippen LogP contribution in [0.2, 0.25) is 5.02 Å². The molecule has 0 bridgehead atoms. The molecule has 0 saturated carbocycles. The quantitative estimate of drug-likeness (QED) is 0.441. The fraction of sp³-hybridized carbons (Fsp3) is 0.222. The molecule has 0 aliphatic carbocycles. The number of carbonyl (C=O) groups excluding carboxylic acids is 3. The van der Waals surface area contributed by atoms with Crippen LogP contribution in [-0.2, 0) is 37.2 Å². The lowest BCUT2D eigenvalue weighted by molar-refractivity contribution is -0.137. The Hall–Kier alpha value is -3.53. The summed E-state index contributed by atoms with van der Waals surface area (Å²) in [5, 5.41) is 5.71. The minimum Gasteiger partial charge on any atom is -0.329 e. The average Bonchev–Trinajstić information content (AvgIpc) is 3.14. The van der Waals surface area contributed by atoms with Crippen LogP contribution < -0.4 is 10.0 Å². The van der Waals surface area contributed by atoms with Crippen molar-refractivity contribution in [3.05, 3.63) is 94.5 Å². The molecule has 1 fully saturated rings. The summed E-state index contributed by atoms with van der Waals surface area (Å²) in [6.45, 7) is 2.07. The Labute approximate surface area is 220 Å². The van der Waals surface area contributed by atoms with Crippen LogP contribution in [0.5, 0.6) is 0 Å². The summed E-state index contributed by atoms with van der Waals surface area (Å²) in [5.74, 6) is -1.14. The zero-order valence-electron chi connectivity index (χ0n) is 20.1. The van der Waals surface area contributed by atoms with Crippen molar-refractivity contribution in [3.63, 3.8) is 0 Å². The molecule has 37 heavy (non-hydrogen) atoms. The summed E-state index contributed by atoms with van der Waals surface area (Å²) < 4.78 is 23.1. The van der Waals surface area contributed by atoms with Crippen LogP contribution in [0.3, 0.4) is 0 Å². The summed E-state index contributed by atoms with van der Waals surface area (Å²) in [4.78, 5) is 42.3. The van der Waals surface area contributed by atoms with E-state index in [2.05, 4.69) is 0 Å². The zero-order chi connectivity index (χ0) is 26.7. The van der Waals surface area contributed by atoms with E-state index in [-0.39, 0.29) is 36.1 Å². The Morgan fingerprint density at radius 3 is 2.16 bits per heavy atom. The molecule has 1 aliphatic rings. The largest absolute Gasteiger partial charge is 0.329 e. The number of nitrogens with zero attached hydrogens (tertiary/aromatic N) is 2. The average molecular weight is 540 g/mol. The molecule has 3 amide bonds. The number of anilines is 1. The fourth-order valence-electron chi connectivity index (χ4n) is 4.25. The number of sulfonamides is 1. The Morgan fingerprint density at radius 2 is 1.57 bits per heavy atom.